The number of nitrogens with zero attached hydrogens (tertiary/aromatic N) is 2. The summed E-state index contributed by atoms with van der Waals surface area (Å²) in [4.78, 5) is 17.3. The number of anilines is 1. The third-order valence-electron chi connectivity index (χ3n) is 6.67. The lowest BCUT2D eigenvalue weighted by molar-refractivity contribution is -0.127. The molecule has 0 aliphatic carbocycles. The van der Waals surface area contributed by atoms with Crippen molar-refractivity contribution in [1.29, 1.82) is 0 Å². The van der Waals surface area contributed by atoms with Gasteiger partial charge in [0.25, 0.3) is 10.0 Å². The van der Waals surface area contributed by atoms with Gasteiger partial charge < -0.3 is 14.3 Å². The van der Waals surface area contributed by atoms with Gasteiger partial charge in [0.05, 0.1) is 11.1 Å². The minimum atomic E-state index is -4.03. The number of carbonyl (C=O) groups excluding carboxylic acids is 1. The zero-order valence-electron chi connectivity index (χ0n) is 22.3. The van der Waals surface area contributed by atoms with E-state index in [1.807, 2.05) is 39.0 Å². The molecule has 0 spiro atoms. The molecule has 2 aromatic heterocycles. The van der Waals surface area contributed by atoms with Crippen molar-refractivity contribution in [2.75, 3.05) is 11.8 Å². The second kappa shape index (κ2) is 10.4. The van der Waals surface area contributed by atoms with Crippen LogP contribution < -0.4 is 10.0 Å². The van der Waals surface area contributed by atoms with Crippen molar-refractivity contribution in [2.24, 2.45) is 11.3 Å². The van der Waals surface area contributed by atoms with Crippen molar-refractivity contribution in [3.8, 4) is 22.6 Å². The summed E-state index contributed by atoms with van der Waals surface area (Å²) in [5.74, 6) is 0.634. The minimum Gasteiger partial charge on any atom is -0.445 e. The molecule has 2 aromatic carbocycles. The van der Waals surface area contributed by atoms with Crippen LogP contribution >= 0.6 is 0 Å². The van der Waals surface area contributed by atoms with Gasteiger partial charge in [0.1, 0.15) is 12.0 Å². The van der Waals surface area contributed by atoms with Crippen molar-refractivity contribution < 1.29 is 22.2 Å². The Balaban J connectivity index is 1.87. The Morgan fingerprint density at radius 3 is 2.42 bits per heavy atom. The van der Waals surface area contributed by atoms with Gasteiger partial charge in [0, 0.05) is 29.7 Å². The molecule has 9 nitrogen and oxygen atoms in total. The third-order valence-corrected chi connectivity index (χ3v) is 8.07. The number of carbonyl (C=O) groups is 1. The van der Waals surface area contributed by atoms with Crippen LogP contribution in [0, 0.1) is 25.2 Å². The van der Waals surface area contributed by atoms with Crippen LogP contribution in [0.4, 0.5) is 5.82 Å². The van der Waals surface area contributed by atoms with Crippen molar-refractivity contribution >= 4 is 21.7 Å². The molecule has 0 saturated heterocycles. The molecule has 2 heterocycles. The summed E-state index contributed by atoms with van der Waals surface area (Å²) in [6, 6.07) is 12.3. The molecule has 0 bridgehead atoms. The predicted octanol–water partition coefficient (Wildman–Crippen LogP) is 5.37. The molecule has 10 heteroatoms. The normalized spacial score (nSPS) is 12.8. The highest BCUT2D eigenvalue weighted by Gasteiger charge is 2.32. The number of oxazole rings is 1. The summed E-state index contributed by atoms with van der Waals surface area (Å²) in [5, 5.41) is 6.63. The summed E-state index contributed by atoms with van der Waals surface area (Å²) in [7, 11) is -2.41. The number of aromatic nitrogens is 2. The van der Waals surface area contributed by atoms with Crippen LogP contribution in [0.2, 0.25) is 0 Å². The highest BCUT2D eigenvalue weighted by molar-refractivity contribution is 7.92. The fraction of sp³-hybridized carbons (Fsp3) is 0.321. The highest BCUT2D eigenvalue weighted by atomic mass is 32.2. The molecule has 0 aliphatic heterocycles. The first-order chi connectivity index (χ1) is 17.9. The molecular formula is C28H32N4O5S. The van der Waals surface area contributed by atoms with Gasteiger partial charge in [-0.25, -0.2) is 13.4 Å². The van der Waals surface area contributed by atoms with E-state index in [4.69, 9.17) is 8.94 Å². The quantitative estimate of drug-likeness (QED) is 0.310. The first-order valence-electron chi connectivity index (χ1n) is 12.2. The summed E-state index contributed by atoms with van der Waals surface area (Å²) in [6.45, 7) is 9.48. The van der Waals surface area contributed by atoms with Crippen molar-refractivity contribution in [2.45, 2.75) is 45.9 Å². The molecule has 38 heavy (non-hydrogen) atoms. The predicted molar refractivity (Wildman–Crippen MR) is 145 cm³/mol. The lowest BCUT2D eigenvalue weighted by Gasteiger charge is -2.30. The second-order valence-corrected chi connectivity index (χ2v) is 11.9. The molecule has 1 unspecified atom stereocenters. The molecule has 0 fully saturated rings. The Bertz CT molecular complexity index is 1550. The molecule has 4 aromatic rings. The number of nitrogens with one attached hydrogen (secondary N) is 2. The zero-order chi connectivity index (χ0) is 27.7. The van der Waals surface area contributed by atoms with E-state index in [-0.39, 0.29) is 28.0 Å². The van der Waals surface area contributed by atoms with Gasteiger partial charge in [-0.3, -0.25) is 9.52 Å². The van der Waals surface area contributed by atoms with E-state index < -0.39 is 10.0 Å². The van der Waals surface area contributed by atoms with E-state index in [0.717, 1.165) is 11.1 Å². The Labute approximate surface area is 222 Å². The fourth-order valence-electron chi connectivity index (χ4n) is 4.33. The standard InChI is InChI=1S/C28H32N4O5S/c1-17-18(2)37-31-25(17)32-38(34,35)24-10-8-7-9-22(24)21-12-11-19(27-30-13-14-36-27)15-20(21)16-23(26(33)29-6)28(3,4)5/h7-15,23H,16H2,1-6H3,(H,29,33)(H,31,32). The molecule has 1 atom stereocenters. The molecule has 1 amide bonds. The van der Waals surface area contributed by atoms with E-state index in [1.165, 1.54) is 6.26 Å². The highest BCUT2D eigenvalue weighted by Crippen LogP contribution is 2.37. The van der Waals surface area contributed by atoms with Gasteiger partial charge in [-0.15, -0.1) is 0 Å². The Kier molecular flexibility index (Phi) is 7.46. The zero-order valence-corrected chi connectivity index (χ0v) is 23.1. The van der Waals surface area contributed by atoms with Crippen LogP contribution in [-0.4, -0.2) is 31.5 Å². The summed E-state index contributed by atoms with van der Waals surface area (Å²) < 4.78 is 40.4. The smallest absolute Gasteiger partial charge is 0.263 e. The van der Waals surface area contributed by atoms with E-state index in [1.54, 1.807) is 51.4 Å². The first kappa shape index (κ1) is 27.1. The van der Waals surface area contributed by atoms with Gasteiger partial charge in [-0.05, 0) is 55.0 Å². The van der Waals surface area contributed by atoms with Crippen LogP contribution in [0.25, 0.3) is 22.6 Å². The van der Waals surface area contributed by atoms with Crippen LogP contribution in [-0.2, 0) is 21.2 Å². The number of sulfonamides is 1. The van der Waals surface area contributed by atoms with Crippen LogP contribution in [0.5, 0.6) is 0 Å². The van der Waals surface area contributed by atoms with E-state index in [9.17, 15) is 13.2 Å². The molecule has 0 radical (unpaired) electrons. The van der Waals surface area contributed by atoms with E-state index in [2.05, 4.69) is 20.2 Å². The summed E-state index contributed by atoms with van der Waals surface area (Å²) in [5.41, 5.74) is 2.96. The number of amides is 1. The number of benzene rings is 2. The first-order valence-corrected chi connectivity index (χ1v) is 13.7. The minimum absolute atomic E-state index is 0.0810. The topological polar surface area (TPSA) is 127 Å². The third kappa shape index (κ3) is 5.50. The average molecular weight is 537 g/mol. The molecule has 0 aliphatic rings. The molecule has 200 valence electrons. The molecule has 2 N–H and O–H groups in total. The number of hydrogen-bond donors (Lipinski definition) is 2. The van der Waals surface area contributed by atoms with Crippen LogP contribution in [0.1, 0.15) is 37.7 Å². The number of aryl methyl sites for hydroxylation is 1. The van der Waals surface area contributed by atoms with Gasteiger partial charge in [0.15, 0.2) is 5.82 Å². The van der Waals surface area contributed by atoms with Crippen molar-refractivity contribution in [3.05, 3.63) is 71.8 Å². The molecule has 4 rings (SSSR count). The average Bonchev–Trinajstić information content (AvgIpc) is 3.52. The largest absolute Gasteiger partial charge is 0.445 e. The summed E-state index contributed by atoms with van der Waals surface area (Å²) in [6.07, 6.45) is 3.43. The van der Waals surface area contributed by atoms with Gasteiger partial charge >= 0.3 is 0 Å². The Hall–Kier alpha value is -3.92. The second-order valence-electron chi connectivity index (χ2n) is 10.3. The van der Waals surface area contributed by atoms with Gasteiger partial charge in [-0.2, -0.15) is 0 Å². The van der Waals surface area contributed by atoms with E-state index >= 15 is 0 Å². The SMILES string of the molecule is CNC(=O)C(Cc1cc(-c2ncco2)ccc1-c1ccccc1S(=O)(=O)Nc1noc(C)c1C)C(C)(C)C. The monoisotopic (exact) mass is 536 g/mol. The maximum atomic E-state index is 13.6. The Morgan fingerprint density at radius 1 is 1.08 bits per heavy atom. The van der Waals surface area contributed by atoms with Crippen LogP contribution in [0.15, 0.2) is 68.8 Å². The molecular weight excluding hydrogens is 504 g/mol. The molecule has 0 saturated carbocycles. The lowest BCUT2D eigenvalue weighted by Crippen LogP contribution is -2.37. The lowest BCUT2D eigenvalue weighted by atomic mass is 9.75. The fourth-order valence-corrected chi connectivity index (χ4v) is 5.61. The maximum Gasteiger partial charge on any atom is 0.263 e. The maximum absolute atomic E-state index is 13.6. The Morgan fingerprint density at radius 2 is 1.82 bits per heavy atom. The van der Waals surface area contributed by atoms with Crippen molar-refractivity contribution in [1.82, 2.24) is 15.5 Å². The summed E-state index contributed by atoms with van der Waals surface area (Å²) >= 11 is 0. The van der Waals surface area contributed by atoms with Gasteiger partial charge in [-0.1, -0.05) is 50.2 Å². The number of hydrogen-bond acceptors (Lipinski definition) is 7. The van der Waals surface area contributed by atoms with E-state index in [0.29, 0.717) is 34.8 Å². The van der Waals surface area contributed by atoms with Gasteiger partial charge in [0.2, 0.25) is 11.8 Å². The number of rotatable bonds is 8. The van der Waals surface area contributed by atoms with Crippen molar-refractivity contribution in [3.63, 3.8) is 0 Å². The van der Waals surface area contributed by atoms with Crippen LogP contribution in [0.3, 0.4) is 0 Å².